The number of carbonyl (C=O) groups excluding carboxylic acids is 1. The Bertz CT molecular complexity index is 1140. The van der Waals surface area contributed by atoms with Crippen LogP contribution in [0.3, 0.4) is 0 Å². The average molecular weight is 962 g/mol. The van der Waals surface area contributed by atoms with E-state index in [1.165, 1.54) is 161 Å². The lowest BCUT2D eigenvalue weighted by molar-refractivity contribution is -0.359. The topological polar surface area (TPSA) is 228 Å². The molecule has 1 amide bonds. The van der Waals surface area contributed by atoms with Crippen molar-refractivity contribution in [2.75, 3.05) is 19.8 Å². The van der Waals surface area contributed by atoms with Gasteiger partial charge in [-0.1, -0.05) is 219 Å². The van der Waals surface area contributed by atoms with E-state index >= 15 is 0 Å². The van der Waals surface area contributed by atoms with E-state index < -0.39 is 86.8 Å². The van der Waals surface area contributed by atoms with Gasteiger partial charge in [-0.15, -0.1) is 0 Å². The molecule has 0 aromatic heterocycles. The van der Waals surface area contributed by atoms with Gasteiger partial charge < -0.3 is 65.1 Å². The molecule has 2 fully saturated rings. The van der Waals surface area contributed by atoms with Gasteiger partial charge >= 0.3 is 0 Å². The highest BCUT2D eigenvalue weighted by Gasteiger charge is 2.51. The Labute approximate surface area is 406 Å². The van der Waals surface area contributed by atoms with Crippen molar-refractivity contribution in [1.82, 2.24) is 5.32 Å². The predicted molar refractivity (Wildman–Crippen MR) is 263 cm³/mol. The van der Waals surface area contributed by atoms with Crippen LogP contribution in [0.5, 0.6) is 0 Å². The van der Waals surface area contributed by atoms with E-state index in [1.54, 1.807) is 0 Å². The van der Waals surface area contributed by atoms with Crippen LogP contribution in [-0.4, -0.2) is 140 Å². The molecule has 0 spiro atoms. The first-order chi connectivity index (χ1) is 32.6. The average Bonchev–Trinajstić information content (AvgIpc) is 3.33. The number of aliphatic hydroxyl groups is 8. The molecule has 0 aliphatic carbocycles. The third-order valence-corrected chi connectivity index (χ3v) is 14.1. The molecule has 12 unspecified atom stereocenters. The van der Waals surface area contributed by atoms with Crippen LogP contribution in [0, 0.1) is 0 Å². The van der Waals surface area contributed by atoms with Crippen molar-refractivity contribution in [3.63, 3.8) is 0 Å². The maximum absolute atomic E-state index is 12.9. The highest BCUT2D eigenvalue weighted by molar-refractivity contribution is 5.76. The second kappa shape index (κ2) is 40.6. The SMILES string of the molecule is CCCCCCCCCCCCCCCCCCCCCCCCCCCCCCCC(O)C(COC1OC(CO)C(OC2OC(CO)C(O)C(O)C2O)C(O)C1O)NC(=O)CCCCCC. The van der Waals surface area contributed by atoms with Crippen molar-refractivity contribution in [1.29, 1.82) is 0 Å². The van der Waals surface area contributed by atoms with E-state index in [2.05, 4.69) is 19.2 Å². The van der Waals surface area contributed by atoms with Crippen molar-refractivity contribution in [3.05, 3.63) is 0 Å². The summed E-state index contributed by atoms with van der Waals surface area (Å²) in [4.78, 5) is 12.9. The van der Waals surface area contributed by atoms with E-state index in [0.717, 1.165) is 44.9 Å². The number of rotatable bonds is 44. The van der Waals surface area contributed by atoms with Crippen LogP contribution in [0.15, 0.2) is 0 Å². The van der Waals surface area contributed by atoms with Crippen molar-refractivity contribution in [2.24, 2.45) is 0 Å². The molecule has 0 aromatic carbocycles. The zero-order valence-corrected chi connectivity index (χ0v) is 42.4. The molecule has 2 rings (SSSR count). The lowest BCUT2D eigenvalue weighted by Crippen LogP contribution is -2.65. The zero-order valence-electron chi connectivity index (χ0n) is 42.4. The summed E-state index contributed by atoms with van der Waals surface area (Å²) in [6.45, 7) is 2.74. The van der Waals surface area contributed by atoms with Gasteiger partial charge in [0.2, 0.25) is 5.91 Å². The molecule has 2 aliphatic rings. The second-order valence-electron chi connectivity index (χ2n) is 20.1. The van der Waals surface area contributed by atoms with Crippen LogP contribution in [0.1, 0.15) is 239 Å². The van der Waals surface area contributed by atoms with E-state index in [4.69, 9.17) is 18.9 Å². The fourth-order valence-electron chi connectivity index (χ4n) is 9.53. The van der Waals surface area contributed by atoms with E-state index in [9.17, 15) is 45.6 Å². The van der Waals surface area contributed by atoms with E-state index in [1.807, 2.05) is 0 Å². The Kier molecular flexibility index (Phi) is 37.6. The molecule has 14 nitrogen and oxygen atoms in total. The number of carbonyl (C=O) groups is 1. The molecule has 12 atom stereocenters. The minimum Gasteiger partial charge on any atom is -0.394 e. The van der Waals surface area contributed by atoms with Gasteiger partial charge in [-0.3, -0.25) is 4.79 Å². The fraction of sp³-hybridized carbons (Fsp3) is 0.981. The van der Waals surface area contributed by atoms with Crippen LogP contribution in [-0.2, 0) is 23.7 Å². The molecule has 2 heterocycles. The third-order valence-electron chi connectivity index (χ3n) is 14.1. The predicted octanol–water partition coefficient (Wildman–Crippen LogP) is 8.17. The van der Waals surface area contributed by atoms with Crippen molar-refractivity contribution < 1.29 is 64.6 Å². The van der Waals surface area contributed by atoms with Crippen molar-refractivity contribution >= 4 is 5.91 Å². The minimum atomic E-state index is -1.78. The molecular formula is C53H103NO13. The Hall–Kier alpha value is -1.01. The van der Waals surface area contributed by atoms with Gasteiger partial charge in [-0.05, 0) is 12.8 Å². The first kappa shape index (κ1) is 62.1. The first-order valence-corrected chi connectivity index (χ1v) is 27.8. The van der Waals surface area contributed by atoms with Crippen LogP contribution >= 0.6 is 0 Å². The Morgan fingerprint density at radius 1 is 0.478 bits per heavy atom. The zero-order chi connectivity index (χ0) is 48.9. The maximum Gasteiger partial charge on any atom is 0.220 e. The number of nitrogens with one attached hydrogen (secondary N) is 1. The van der Waals surface area contributed by atoms with E-state index in [0.29, 0.717) is 19.3 Å². The van der Waals surface area contributed by atoms with Gasteiger partial charge in [-0.2, -0.15) is 0 Å². The van der Waals surface area contributed by atoms with E-state index in [-0.39, 0.29) is 12.5 Å². The number of aliphatic hydroxyl groups excluding tert-OH is 8. The van der Waals surface area contributed by atoms with Crippen LogP contribution in [0.25, 0.3) is 0 Å². The third kappa shape index (κ3) is 27.4. The molecule has 67 heavy (non-hydrogen) atoms. The number of ether oxygens (including phenoxy) is 4. The molecule has 0 aromatic rings. The Morgan fingerprint density at radius 3 is 1.27 bits per heavy atom. The molecule has 0 radical (unpaired) electrons. The van der Waals surface area contributed by atoms with Gasteiger partial charge in [0.1, 0.15) is 48.8 Å². The Morgan fingerprint density at radius 2 is 0.851 bits per heavy atom. The lowest BCUT2D eigenvalue weighted by atomic mass is 9.97. The second-order valence-corrected chi connectivity index (χ2v) is 20.1. The number of hydrogen-bond acceptors (Lipinski definition) is 13. The fourth-order valence-corrected chi connectivity index (χ4v) is 9.53. The quantitative estimate of drug-likeness (QED) is 0.0263. The van der Waals surface area contributed by atoms with Crippen LogP contribution < -0.4 is 5.32 Å². The lowest BCUT2D eigenvalue weighted by Gasteiger charge is -2.46. The summed E-state index contributed by atoms with van der Waals surface area (Å²) in [7, 11) is 0. The molecule has 0 saturated carbocycles. The smallest absolute Gasteiger partial charge is 0.220 e. The van der Waals surface area contributed by atoms with Gasteiger partial charge in [0.05, 0.1) is 32.0 Å². The molecule has 0 bridgehead atoms. The van der Waals surface area contributed by atoms with Crippen molar-refractivity contribution in [2.45, 2.75) is 312 Å². The monoisotopic (exact) mass is 962 g/mol. The molecule has 2 saturated heterocycles. The normalized spacial score (nSPS) is 26.5. The number of hydrogen-bond donors (Lipinski definition) is 9. The van der Waals surface area contributed by atoms with Crippen molar-refractivity contribution in [3.8, 4) is 0 Å². The molecule has 2 aliphatic heterocycles. The van der Waals surface area contributed by atoms with Gasteiger partial charge in [0, 0.05) is 6.42 Å². The summed E-state index contributed by atoms with van der Waals surface area (Å²) < 4.78 is 22.6. The maximum atomic E-state index is 12.9. The summed E-state index contributed by atoms with van der Waals surface area (Å²) in [6.07, 6.45) is 26.4. The standard InChI is InChI=1S/C53H103NO13/c1-3-5-7-9-10-11-12-13-14-15-16-17-18-19-20-21-22-23-24-25-26-27-28-29-30-31-32-33-34-36-42(57)41(54-45(58)37-35-8-6-4-2)40-64-52-50(63)48(61)51(44(39-56)66-52)67-53-49(62)47(60)46(59)43(38-55)65-53/h41-44,46-53,55-57,59-63H,3-40H2,1-2H3,(H,54,58). The van der Waals surface area contributed by atoms with Gasteiger partial charge in [0.25, 0.3) is 0 Å². The highest BCUT2D eigenvalue weighted by Crippen LogP contribution is 2.30. The van der Waals surface area contributed by atoms with Crippen LogP contribution in [0.4, 0.5) is 0 Å². The first-order valence-electron chi connectivity index (χ1n) is 27.8. The molecular weight excluding hydrogens is 859 g/mol. The highest BCUT2D eigenvalue weighted by atomic mass is 16.7. The Balaban J connectivity index is 1.57. The summed E-state index contributed by atoms with van der Waals surface area (Å²) in [5.74, 6) is -0.222. The summed E-state index contributed by atoms with van der Waals surface area (Å²) >= 11 is 0. The van der Waals surface area contributed by atoms with Gasteiger partial charge in [-0.25, -0.2) is 0 Å². The summed E-state index contributed by atoms with van der Waals surface area (Å²) in [6, 6.07) is -0.818. The number of amides is 1. The molecule has 14 heteroatoms. The minimum absolute atomic E-state index is 0.222. The molecule has 398 valence electrons. The van der Waals surface area contributed by atoms with Gasteiger partial charge in [0.15, 0.2) is 12.6 Å². The molecule has 9 N–H and O–H groups in total. The summed E-state index contributed by atoms with van der Waals surface area (Å²) in [5.41, 5.74) is 0. The largest absolute Gasteiger partial charge is 0.394 e. The van der Waals surface area contributed by atoms with Crippen LogP contribution in [0.2, 0.25) is 0 Å². The summed E-state index contributed by atoms with van der Waals surface area (Å²) in [5, 5.41) is 86.5. The number of unbranched alkanes of at least 4 members (excludes halogenated alkanes) is 31.